The van der Waals surface area contributed by atoms with Crippen LogP contribution in [0.5, 0.6) is 5.75 Å². The molecule has 0 saturated carbocycles. The quantitative estimate of drug-likeness (QED) is 0.404. The topological polar surface area (TPSA) is 42.7 Å². The van der Waals surface area contributed by atoms with Gasteiger partial charge in [-0.15, -0.1) is 0 Å². The maximum Gasteiger partial charge on any atom is 0.258 e. The molecule has 0 fully saturated rings. The predicted octanol–water partition coefficient (Wildman–Crippen LogP) is 5.74. The van der Waals surface area contributed by atoms with Crippen LogP contribution in [0.4, 0.5) is 0 Å². The molecule has 0 bridgehead atoms. The summed E-state index contributed by atoms with van der Waals surface area (Å²) in [7, 11) is 0. The normalized spacial score (nSPS) is 10.9. The van der Waals surface area contributed by atoms with Crippen molar-refractivity contribution in [2.45, 2.75) is 20.0 Å². The molecule has 0 aliphatic carbocycles. The number of thiophene rings is 1. The van der Waals surface area contributed by atoms with Crippen molar-refractivity contribution < 1.29 is 13.9 Å². The molecule has 4 rings (SSSR count). The summed E-state index contributed by atoms with van der Waals surface area (Å²) in [6.07, 6.45) is 1.63. The van der Waals surface area contributed by atoms with Crippen molar-refractivity contribution in [3.05, 3.63) is 88.5 Å². The van der Waals surface area contributed by atoms with Crippen molar-refractivity contribution in [3.8, 4) is 5.75 Å². The number of hydrogen-bond donors (Lipinski definition) is 0. The Morgan fingerprint density at radius 2 is 1.96 bits per heavy atom. The molecule has 4 nitrogen and oxygen atoms in total. The summed E-state index contributed by atoms with van der Waals surface area (Å²) in [6.45, 7) is 3.34. The highest BCUT2D eigenvalue weighted by Gasteiger charge is 2.24. The Bertz CT molecular complexity index is 1020. The molecule has 2 aromatic carbocycles. The van der Waals surface area contributed by atoms with E-state index in [4.69, 9.17) is 9.15 Å². The standard InChI is InChI=1S/C23H21NO3S/c1-2-26-21-10-9-18-6-3-4-8-20(18)22(21)23(25)24(14-17-11-13-28-16-17)15-19-7-5-12-27-19/h3-13,16H,2,14-15H2,1H3. The van der Waals surface area contributed by atoms with Gasteiger partial charge in [-0.1, -0.05) is 30.3 Å². The first kappa shape index (κ1) is 18.3. The molecule has 0 aliphatic heterocycles. The average molecular weight is 391 g/mol. The van der Waals surface area contributed by atoms with Gasteiger partial charge in [0.25, 0.3) is 5.91 Å². The Morgan fingerprint density at radius 3 is 2.71 bits per heavy atom. The third-order valence-electron chi connectivity index (χ3n) is 4.57. The first-order valence-corrected chi connectivity index (χ1v) is 10.2. The van der Waals surface area contributed by atoms with Crippen LogP contribution in [-0.2, 0) is 13.1 Å². The Hall–Kier alpha value is -3.05. The van der Waals surface area contributed by atoms with Crippen LogP contribution in [0.3, 0.4) is 0 Å². The molecule has 2 heterocycles. The number of carbonyl (C=O) groups excluding carboxylic acids is 1. The molecule has 0 radical (unpaired) electrons. The minimum atomic E-state index is -0.0668. The van der Waals surface area contributed by atoms with Gasteiger partial charge in [-0.05, 0) is 58.3 Å². The number of hydrogen-bond acceptors (Lipinski definition) is 4. The molecule has 0 saturated heterocycles. The molecular formula is C23H21NO3S. The molecule has 0 spiro atoms. The first-order valence-electron chi connectivity index (χ1n) is 9.23. The maximum absolute atomic E-state index is 13.7. The predicted molar refractivity (Wildman–Crippen MR) is 112 cm³/mol. The van der Waals surface area contributed by atoms with Gasteiger partial charge in [-0.3, -0.25) is 4.79 Å². The van der Waals surface area contributed by atoms with Gasteiger partial charge >= 0.3 is 0 Å². The van der Waals surface area contributed by atoms with Gasteiger partial charge in [-0.2, -0.15) is 11.3 Å². The van der Waals surface area contributed by atoms with E-state index in [0.29, 0.717) is 31.0 Å². The molecule has 0 unspecified atom stereocenters. The summed E-state index contributed by atoms with van der Waals surface area (Å²) < 4.78 is 11.3. The number of nitrogens with zero attached hydrogens (tertiary/aromatic N) is 1. The number of carbonyl (C=O) groups is 1. The highest BCUT2D eigenvalue weighted by molar-refractivity contribution is 7.07. The van der Waals surface area contributed by atoms with E-state index in [0.717, 1.165) is 22.1 Å². The van der Waals surface area contributed by atoms with E-state index in [-0.39, 0.29) is 5.91 Å². The first-order chi connectivity index (χ1) is 13.8. The van der Waals surface area contributed by atoms with Crippen molar-refractivity contribution in [1.29, 1.82) is 0 Å². The molecule has 2 aromatic heterocycles. The number of furan rings is 1. The van der Waals surface area contributed by atoms with Crippen molar-refractivity contribution in [2.24, 2.45) is 0 Å². The van der Waals surface area contributed by atoms with E-state index in [1.807, 2.05) is 71.8 Å². The van der Waals surface area contributed by atoms with Crippen LogP contribution in [0.1, 0.15) is 28.6 Å². The zero-order valence-electron chi connectivity index (χ0n) is 15.6. The number of amides is 1. The Kier molecular flexibility index (Phi) is 5.44. The fraction of sp³-hybridized carbons (Fsp3) is 0.174. The van der Waals surface area contributed by atoms with Crippen molar-refractivity contribution >= 4 is 28.0 Å². The molecule has 0 aliphatic rings. The zero-order chi connectivity index (χ0) is 19.3. The van der Waals surface area contributed by atoms with E-state index < -0.39 is 0 Å². The minimum Gasteiger partial charge on any atom is -0.493 e. The van der Waals surface area contributed by atoms with Gasteiger partial charge in [0.05, 0.1) is 25.0 Å². The van der Waals surface area contributed by atoms with Gasteiger partial charge in [0, 0.05) is 6.54 Å². The lowest BCUT2D eigenvalue weighted by Gasteiger charge is -2.23. The fourth-order valence-electron chi connectivity index (χ4n) is 3.30. The van der Waals surface area contributed by atoms with Crippen LogP contribution < -0.4 is 4.74 Å². The molecule has 28 heavy (non-hydrogen) atoms. The molecule has 142 valence electrons. The molecule has 0 atom stereocenters. The zero-order valence-corrected chi connectivity index (χ0v) is 16.4. The Morgan fingerprint density at radius 1 is 1.07 bits per heavy atom. The van der Waals surface area contributed by atoms with Gasteiger partial charge < -0.3 is 14.1 Å². The summed E-state index contributed by atoms with van der Waals surface area (Å²) in [4.78, 5) is 15.5. The molecule has 0 N–H and O–H groups in total. The van der Waals surface area contributed by atoms with E-state index in [9.17, 15) is 4.79 Å². The number of ether oxygens (including phenoxy) is 1. The highest BCUT2D eigenvalue weighted by atomic mass is 32.1. The molecule has 5 heteroatoms. The molecule has 4 aromatic rings. The summed E-state index contributed by atoms with van der Waals surface area (Å²) >= 11 is 1.62. The smallest absolute Gasteiger partial charge is 0.258 e. The van der Waals surface area contributed by atoms with Crippen LogP contribution in [0.15, 0.2) is 76.0 Å². The van der Waals surface area contributed by atoms with Gasteiger partial charge in [-0.25, -0.2) is 0 Å². The fourth-order valence-corrected chi connectivity index (χ4v) is 3.96. The Labute approximate surface area is 168 Å². The summed E-state index contributed by atoms with van der Waals surface area (Å²) in [6, 6.07) is 17.6. The Balaban J connectivity index is 1.78. The second-order valence-corrected chi connectivity index (χ2v) is 7.25. The average Bonchev–Trinajstić information content (AvgIpc) is 3.41. The molecular weight excluding hydrogens is 370 g/mol. The van der Waals surface area contributed by atoms with Crippen LogP contribution >= 0.6 is 11.3 Å². The molecule has 1 amide bonds. The third kappa shape index (κ3) is 3.80. The minimum absolute atomic E-state index is 0.0668. The number of rotatable bonds is 7. The van der Waals surface area contributed by atoms with Crippen molar-refractivity contribution in [3.63, 3.8) is 0 Å². The van der Waals surface area contributed by atoms with Crippen LogP contribution in [0.2, 0.25) is 0 Å². The summed E-state index contributed by atoms with van der Waals surface area (Å²) in [5.41, 5.74) is 1.70. The van der Waals surface area contributed by atoms with Gasteiger partial charge in [0.2, 0.25) is 0 Å². The van der Waals surface area contributed by atoms with Crippen molar-refractivity contribution in [2.75, 3.05) is 6.61 Å². The number of benzene rings is 2. The van der Waals surface area contributed by atoms with E-state index in [1.54, 1.807) is 17.6 Å². The third-order valence-corrected chi connectivity index (χ3v) is 5.30. The number of fused-ring (bicyclic) bond motifs is 1. The highest BCUT2D eigenvalue weighted by Crippen LogP contribution is 2.30. The summed E-state index contributed by atoms with van der Waals surface area (Å²) in [5, 5.41) is 6.00. The van der Waals surface area contributed by atoms with Crippen LogP contribution in [0.25, 0.3) is 10.8 Å². The van der Waals surface area contributed by atoms with E-state index >= 15 is 0 Å². The van der Waals surface area contributed by atoms with E-state index in [1.165, 1.54) is 0 Å². The second-order valence-electron chi connectivity index (χ2n) is 6.47. The summed E-state index contributed by atoms with van der Waals surface area (Å²) in [5.74, 6) is 1.30. The van der Waals surface area contributed by atoms with E-state index in [2.05, 4.69) is 5.38 Å². The monoisotopic (exact) mass is 391 g/mol. The largest absolute Gasteiger partial charge is 0.493 e. The van der Waals surface area contributed by atoms with Gasteiger partial charge in [0.1, 0.15) is 11.5 Å². The van der Waals surface area contributed by atoms with Gasteiger partial charge in [0.15, 0.2) is 0 Å². The SMILES string of the molecule is CCOc1ccc2ccccc2c1C(=O)N(Cc1ccsc1)Cc1ccco1. The van der Waals surface area contributed by atoms with Crippen LogP contribution in [0, 0.1) is 0 Å². The maximum atomic E-state index is 13.7. The lowest BCUT2D eigenvalue weighted by molar-refractivity contribution is 0.0716. The second kappa shape index (κ2) is 8.31. The van der Waals surface area contributed by atoms with Crippen molar-refractivity contribution in [1.82, 2.24) is 4.90 Å². The lowest BCUT2D eigenvalue weighted by atomic mass is 10.0. The lowest BCUT2D eigenvalue weighted by Crippen LogP contribution is -2.30. The van der Waals surface area contributed by atoms with Crippen LogP contribution in [-0.4, -0.2) is 17.4 Å².